The van der Waals surface area contributed by atoms with Gasteiger partial charge in [-0.15, -0.1) is 21.5 Å². The van der Waals surface area contributed by atoms with E-state index in [0.717, 1.165) is 117 Å². The lowest BCUT2D eigenvalue weighted by Crippen LogP contribution is -2.41. The summed E-state index contributed by atoms with van der Waals surface area (Å²) in [5.41, 5.74) is 6.55. The Labute approximate surface area is 382 Å². The molecule has 0 radical (unpaired) electrons. The molecule has 6 heterocycles. The Morgan fingerprint density at radius 2 is 1.84 bits per heavy atom. The van der Waals surface area contributed by atoms with Gasteiger partial charge in [-0.05, 0) is 108 Å². The highest BCUT2D eigenvalue weighted by molar-refractivity contribution is 7.15. The van der Waals surface area contributed by atoms with E-state index >= 15 is 0 Å². The maximum Gasteiger partial charge on any atom is 0.254 e. The van der Waals surface area contributed by atoms with Crippen LogP contribution in [-0.4, -0.2) is 80.2 Å². The minimum absolute atomic E-state index is 0.0276. The van der Waals surface area contributed by atoms with Crippen LogP contribution in [0.1, 0.15) is 112 Å². The SMILES string of the molecule is Cc1sc2c(c1C)C(c1ccc(N3CCCC(CN(C)c4ncc(C(=O)NC5CCC(Oc6ccc(C#N)c(Cl)c6)CC5)cn4)C3)cc1)=NC(CCCc1ncco1)c1nnc(C)n1-2. The topological polar surface area (TPSA) is 163 Å². The van der Waals surface area contributed by atoms with Crippen LogP contribution in [0.2, 0.25) is 5.02 Å². The van der Waals surface area contributed by atoms with Crippen LogP contribution in [0, 0.1) is 38.0 Å². The third-order valence-corrected chi connectivity index (χ3v) is 14.3. The second-order valence-corrected chi connectivity index (χ2v) is 18.8. The number of rotatable bonds is 13. The fraction of sp³-hybridized carbons (Fsp3) is 0.417. The third kappa shape index (κ3) is 9.25. The molecule has 4 aromatic heterocycles. The first-order valence-electron chi connectivity index (χ1n) is 22.2. The summed E-state index contributed by atoms with van der Waals surface area (Å²) in [6, 6.07) is 16.0. The zero-order valence-corrected chi connectivity index (χ0v) is 38.2. The number of aliphatic imine (C=N–C) groups is 1. The highest BCUT2D eigenvalue weighted by atomic mass is 35.5. The average molecular weight is 899 g/mol. The number of carbonyl (C=O) groups is 1. The van der Waals surface area contributed by atoms with Crippen molar-refractivity contribution in [3.05, 3.63) is 123 Å². The first-order valence-corrected chi connectivity index (χ1v) is 23.4. The van der Waals surface area contributed by atoms with Crippen LogP contribution < -0.4 is 19.9 Å². The minimum Gasteiger partial charge on any atom is -0.490 e. The molecule has 64 heavy (non-hydrogen) atoms. The molecule has 330 valence electrons. The van der Waals surface area contributed by atoms with Gasteiger partial charge in [0, 0.05) is 79.3 Å². The number of halogens is 1. The lowest BCUT2D eigenvalue weighted by atomic mass is 9.92. The van der Waals surface area contributed by atoms with E-state index in [1.807, 2.05) is 14.0 Å². The number of aryl methyl sites for hydroxylation is 3. The van der Waals surface area contributed by atoms with Crippen molar-refractivity contribution in [2.24, 2.45) is 10.9 Å². The standard InChI is InChI=1S/C48H52ClN11O3S/c1-29-30(2)64-47-43(29)44(55-41(45-57-56-31(3)60(45)47)8-5-9-42-51-20-22-62-42)33-10-15-37(16-11-33)59-21-6-7-32(28-59)27-58(4)48-52-25-35(26-53-48)46(61)54-36-13-18-38(19-14-36)63-39-17-12-34(24-50)40(49)23-39/h10-12,15-17,20,22-23,25-26,32,36,38,41H,5-9,13-14,18-19,21,27-28H2,1-4H3,(H,54,61). The molecular weight excluding hydrogens is 846 g/mol. The number of oxazole rings is 1. The van der Waals surface area contributed by atoms with Gasteiger partial charge in [0.05, 0.1) is 34.2 Å². The van der Waals surface area contributed by atoms with E-state index in [9.17, 15) is 4.79 Å². The van der Waals surface area contributed by atoms with Gasteiger partial charge in [-0.2, -0.15) is 5.26 Å². The molecule has 2 unspecified atom stereocenters. The second-order valence-electron chi connectivity index (χ2n) is 17.2. The number of nitriles is 1. The number of hydrogen-bond acceptors (Lipinski definition) is 13. The maximum atomic E-state index is 13.2. The smallest absolute Gasteiger partial charge is 0.254 e. The van der Waals surface area contributed by atoms with E-state index in [0.29, 0.717) is 33.8 Å². The van der Waals surface area contributed by atoms with Gasteiger partial charge in [0.25, 0.3) is 5.91 Å². The van der Waals surface area contributed by atoms with Crippen LogP contribution in [0.25, 0.3) is 5.00 Å². The molecular formula is C48H52ClN11O3S. The van der Waals surface area contributed by atoms with Gasteiger partial charge in [0.15, 0.2) is 11.7 Å². The first kappa shape index (κ1) is 43.2. The molecule has 2 fully saturated rings. The van der Waals surface area contributed by atoms with Crippen molar-refractivity contribution < 1.29 is 13.9 Å². The zero-order valence-electron chi connectivity index (χ0n) is 36.6. The molecule has 1 saturated heterocycles. The molecule has 2 aliphatic heterocycles. The fourth-order valence-electron chi connectivity index (χ4n) is 9.23. The van der Waals surface area contributed by atoms with Gasteiger partial charge in [0.2, 0.25) is 5.95 Å². The van der Waals surface area contributed by atoms with Gasteiger partial charge in [-0.3, -0.25) is 14.4 Å². The van der Waals surface area contributed by atoms with Crippen molar-refractivity contribution in [1.82, 2.24) is 35.0 Å². The number of nitrogens with one attached hydrogen (secondary N) is 1. The van der Waals surface area contributed by atoms with Gasteiger partial charge in [-0.1, -0.05) is 23.7 Å². The van der Waals surface area contributed by atoms with E-state index in [-0.39, 0.29) is 24.1 Å². The van der Waals surface area contributed by atoms with Crippen molar-refractivity contribution in [1.29, 1.82) is 5.26 Å². The first-order chi connectivity index (χ1) is 31.1. The summed E-state index contributed by atoms with van der Waals surface area (Å²) in [6.45, 7) is 9.11. The summed E-state index contributed by atoms with van der Waals surface area (Å²) < 4.78 is 13.9. The normalized spacial score (nSPS) is 19.5. The van der Waals surface area contributed by atoms with Crippen LogP contribution in [-0.2, 0) is 6.42 Å². The molecule has 3 aliphatic rings. The van der Waals surface area contributed by atoms with Crippen LogP contribution in [0.3, 0.4) is 0 Å². The number of thiophene rings is 1. The lowest BCUT2D eigenvalue weighted by Gasteiger charge is -2.36. The summed E-state index contributed by atoms with van der Waals surface area (Å²) >= 11 is 7.96. The van der Waals surface area contributed by atoms with E-state index < -0.39 is 0 Å². The summed E-state index contributed by atoms with van der Waals surface area (Å²) in [6.07, 6.45) is 14.4. The number of aromatic nitrogens is 6. The quantitative estimate of drug-likeness (QED) is 0.118. The monoisotopic (exact) mass is 897 g/mol. The molecule has 14 nitrogen and oxygen atoms in total. The van der Waals surface area contributed by atoms with Crippen molar-refractivity contribution >= 4 is 46.2 Å². The molecule has 1 N–H and O–H groups in total. The number of hydrogen-bond donors (Lipinski definition) is 1. The largest absolute Gasteiger partial charge is 0.490 e. The van der Waals surface area contributed by atoms with E-state index in [2.05, 4.69) is 89.0 Å². The summed E-state index contributed by atoms with van der Waals surface area (Å²) in [4.78, 5) is 38.1. The third-order valence-electron chi connectivity index (χ3n) is 12.8. The number of amides is 1. The van der Waals surface area contributed by atoms with Crippen molar-refractivity contribution in [2.45, 2.75) is 96.7 Å². The van der Waals surface area contributed by atoms with Crippen molar-refractivity contribution in [2.75, 3.05) is 36.5 Å². The van der Waals surface area contributed by atoms with Gasteiger partial charge < -0.3 is 24.3 Å². The van der Waals surface area contributed by atoms with Crippen LogP contribution in [0.15, 0.2) is 76.7 Å². The van der Waals surface area contributed by atoms with Gasteiger partial charge in [0.1, 0.15) is 34.9 Å². The number of anilines is 2. The molecule has 16 heteroatoms. The zero-order chi connectivity index (χ0) is 44.3. The van der Waals surface area contributed by atoms with Crippen LogP contribution >= 0.6 is 22.9 Å². The van der Waals surface area contributed by atoms with Gasteiger partial charge >= 0.3 is 0 Å². The molecule has 1 amide bonds. The lowest BCUT2D eigenvalue weighted by molar-refractivity contribution is 0.0893. The Morgan fingerprint density at radius 3 is 2.58 bits per heavy atom. The minimum atomic E-state index is -0.170. The summed E-state index contributed by atoms with van der Waals surface area (Å²) in [5.74, 6) is 3.98. The average Bonchev–Trinajstić information content (AvgIpc) is 4.02. The van der Waals surface area contributed by atoms with Crippen LogP contribution in [0.4, 0.5) is 11.6 Å². The predicted molar refractivity (Wildman–Crippen MR) is 248 cm³/mol. The van der Waals surface area contributed by atoms with Crippen molar-refractivity contribution in [3.8, 4) is 16.8 Å². The molecule has 2 aromatic carbocycles. The summed E-state index contributed by atoms with van der Waals surface area (Å²) in [7, 11) is 2.02. The Morgan fingerprint density at radius 1 is 1.05 bits per heavy atom. The number of nitrogens with zero attached hydrogens (tertiary/aromatic N) is 10. The maximum absolute atomic E-state index is 13.2. The van der Waals surface area contributed by atoms with Crippen molar-refractivity contribution in [3.63, 3.8) is 0 Å². The molecule has 1 aliphatic carbocycles. The van der Waals surface area contributed by atoms with E-state index in [1.165, 1.54) is 16.1 Å². The fourth-order valence-corrected chi connectivity index (χ4v) is 10.7. The summed E-state index contributed by atoms with van der Waals surface area (Å²) in [5, 5.41) is 23.0. The number of benzene rings is 2. The highest BCUT2D eigenvalue weighted by Crippen LogP contribution is 2.40. The molecule has 0 spiro atoms. The highest BCUT2D eigenvalue weighted by Gasteiger charge is 2.32. The Bertz CT molecular complexity index is 2660. The molecule has 9 rings (SSSR count). The van der Waals surface area contributed by atoms with Gasteiger partial charge in [-0.25, -0.2) is 15.0 Å². The van der Waals surface area contributed by atoms with E-state index in [1.54, 1.807) is 54.4 Å². The number of fused-ring (bicyclic) bond motifs is 3. The Balaban J connectivity index is 0.807. The number of ether oxygens (including phenoxy) is 1. The number of carbonyl (C=O) groups excluding carboxylic acids is 1. The van der Waals surface area contributed by atoms with E-state index in [4.69, 9.17) is 31.0 Å². The Hall–Kier alpha value is -6.11. The predicted octanol–water partition coefficient (Wildman–Crippen LogP) is 8.94. The van der Waals surface area contributed by atoms with Crippen LogP contribution in [0.5, 0.6) is 5.75 Å². The molecule has 0 bridgehead atoms. The number of piperidine rings is 1. The molecule has 6 aromatic rings. The molecule has 1 saturated carbocycles. The molecule has 2 atom stereocenters. The Kier molecular flexibility index (Phi) is 12.8. The second kappa shape index (κ2) is 18.9.